The van der Waals surface area contributed by atoms with Crippen molar-refractivity contribution >= 4 is 40.3 Å². The number of methoxy groups -OCH3 is 1. The van der Waals surface area contributed by atoms with Crippen LogP contribution in [0.3, 0.4) is 0 Å². The van der Waals surface area contributed by atoms with Crippen molar-refractivity contribution in [2.24, 2.45) is 29.4 Å². The van der Waals surface area contributed by atoms with Crippen LogP contribution < -0.4 is 5.73 Å². The lowest BCUT2D eigenvalue weighted by atomic mass is 10.1. The average Bonchev–Trinajstić information content (AvgIpc) is 3.03. The number of aliphatic hydroxyl groups excluding tert-OH is 2. The topological polar surface area (TPSA) is 221 Å². The summed E-state index contributed by atoms with van der Waals surface area (Å²) in [4.78, 5) is 41.8. The zero-order chi connectivity index (χ0) is 37.4. The Kier molecular flexibility index (Phi) is 63.9. The first kappa shape index (κ1) is 69.1. The smallest absolute Gasteiger partial charge is 0.378 e. The molecule has 0 unspecified atom stereocenters. The first-order chi connectivity index (χ1) is 21.3. The van der Waals surface area contributed by atoms with Crippen molar-refractivity contribution < 1.29 is 63.2 Å². The Morgan fingerprint density at radius 3 is 1.26 bits per heavy atom. The van der Waals surface area contributed by atoms with Gasteiger partial charge in [-0.2, -0.15) is 0 Å². The number of aliphatic hydroxyl groups is 2. The van der Waals surface area contributed by atoms with Crippen LogP contribution in [0.4, 0.5) is 0 Å². The highest BCUT2D eigenvalue weighted by atomic mass is 16.5. The van der Waals surface area contributed by atoms with Crippen LogP contribution in [0.1, 0.15) is 91.0 Å². The van der Waals surface area contributed by atoms with E-state index in [0.717, 1.165) is 13.0 Å². The van der Waals surface area contributed by atoms with Crippen molar-refractivity contribution in [2.75, 3.05) is 33.7 Å². The van der Waals surface area contributed by atoms with E-state index in [4.69, 9.17) is 40.4 Å². The molecule has 0 saturated carbocycles. The van der Waals surface area contributed by atoms with E-state index in [2.05, 4.69) is 37.5 Å². The number of esters is 1. The molecule has 50 heavy (non-hydrogen) atoms. The van der Waals surface area contributed by atoms with Gasteiger partial charge in [0.2, 0.25) is 0 Å². The Balaban J connectivity index is -0.0000000598. The minimum Gasteiger partial charge on any atom is -0.543 e. The molecule has 16 heteroatoms. The number of carbonyl (C=O) groups excluding carboxylic acids is 2. The standard InChI is InChI=1S/C9H16O3.C8H14O3.C5H9BO3.C5H10O3.C4H11NO.3CH4.B/c1-5-6-12-8(3)7(2)9(10)11-4;1-4-5-11-7(3)6(2)8(9)10;1-3(4(2)7)5(8)9-6;1-3(4(2)6)5(7)8;1-2-3-6-4-5;;;;/h5,7-8H,1,6H2,2-4H3;4,6-7H,1,5H2,2-3H3,(H,9,10);3-4,7H,1-2H3;3-4,6H,1-2H3,(H,7,8);2-5H2,1H3;3*1H4;/t7-,8+;6-,7+;2*3-,4+;;;;;/m0000...../s1. The van der Waals surface area contributed by atoms with Gasteiger partial charge in [-0.3, -0.25) is 19.2 Å². The van der Waals surface area contributed by atoms with Crippen LogP contribution in [0.2, 0.25) is 0 Å². The Morgan fingerprint density at radius 2 is 1.08 bits per heavy atom. The van der Waals surface area contributed by atoms with Crippen LogP contribution in [0.5, 0.6) is 0 Å². The summed E-state index contributed by atoms with van der Waals surface area (Å²) < 4.78 is 23.6. The number of nitrogens with two attached hydrogens (primary N) is 1. The fraction of sp³-hybridized carbons (Fsp3) is 0.765. The van der Waals surface area contributed by atoms with Crippen LogP contribution >= 0.6 is 0 Å². The molecule has 0 aromatic carbocycles. The molecule has 0 amide bonds. The number of ether oxygens (including phenoxy) is 4. The molecule has 6 N–H and O–H groups in total. The summed E-state index contributed by atoms with van der Waals surface area (Å²) in [6, 6.07) is 0. The summed E-state index contributed by atoms with van der Waals surface area (Å²) >= 11 is 0. The van der Waals surface area contributed by atoms with Crippen molar-refractivity contribution in [1.29, 1.82) is 0 Å². The van der Waals surface area contributed by atoms with Crippen molar-refractivity contribution in [1.82, 2.24) is 0 Å². The molecule has 0 saturated heterocycles. The van der Waals surface area contributed by atoms with Crippen molar-refractivity contribution in [3.8, 4) is 0 Å². The van der Waals surface area contributed by atoms with Crippen molar-refractivity contribution in [3.05, 3.63) is 25.3 Å². The van der Waals surface area contributed by atoms with E-state index in [9.17, 15) is 19.2 Å². The Labute approximate surface area is 307 Å². The lowest BCUT2D eigenvalue weighted by Crippen LogP contribution is -2.26. The predicted octanol–water partition coefficient (Wildman–Crippen LogP) is 4.26. The molecular weight excluding hydrogens is 652 g/mol. The molecule has 297 valence electrons. The first-order valence-corrected chi connectivity index (χ1v) is 14.8. The zero-order valence-corrected chi connectivity index (χ0v) is 29.9. The molecule has 0 aromatic rings. The van der Waals surface area contributed by atoms with E-state index >= 15 is 0 Å². The first-order valence-electron chi connectivity index (χ1n) is 14.8. The lowest BCUT2D eigenvalue weighted by molar-refractivity contribution is -0.149. The van der Waals surface area contributed by atoms with Crippen LogP contribution in [-0.2, 0) is 42.8 Å². The second kappa shape index (κ2) is 46.2. The zero-order valence-electron chi connectivity index (χ0n) is 29.9. The van der Waals surface area contributed by atoms with Gasteiger partial charge in [0.25, 0.3) is 5.97 Å². The summed E-state index contributed by atoms with van der Waals surface area (Å²) in [5.74, 6) is -4.52. The second-order valence-electron chi connectivity index (χ2n) is 10.0. The number of rotatable bonds is 17. The molecule has 0 rings (SSSR count). The molecule has 0 spiro atoms. The highest BCUT2D eigenvalue weighted by molar-refractivity contribution is 6.05. The van der Waals surface area contributed by atoms with E-state index in [1.807, 2.05) is 6.92 Å². The van der Waals surface area contributed by atoms with Gasteiger partial charge in [0, 0.05) is 15.0 Å². The van der Waals surface area contributed by atoms with Gasteiger partial charge in [0.05, 0.1) is 75.1 Å². The molecule has 0 aliphatic carbocycles. The fourth-order valence-corrected chi connectivity index (χ4v) is 2.04. The number of hydrogen-bond acceptors (Lipinski definition) is 12. The lowest BCUT2D eigenvalue weighted by Gasteiger charge is -2.17. The molecular formula is C34H72B2NO13. The van der Waals surface area contributed by atoms with Gasteiger partial charge in [-0.05, 0) is 61.8 Å². The van der Waals surface area contributed by atoms with Gasteiger partial charge in [-0.25, -0.2) is 0 Å². The average molecular weight is 725 g/mol. The van der Waals surface area contributed by atoms with Gasteiger partial charge in [0.1, 0.15) is 0 Å². The molecule has 0 aliphatic heterocycles. The van der Waals surface area contributed by atoms with E-state index in [0.29, 0.717) is 19.9 Å². The summed E-state index contributed by atoms with van der Waals surface area (Å²) in [5, 5.41) is 34.1. The number of carboxylic acids is 2. The molecule has 0 fully saturated rings. The van der Waals surface area contributed by atoms with Crippen molar-refractivity contribution in [2.45, 2.75) is 115 Å². The second-order valence-corrected chi connectivity index (χ2v) is 10.0. The monoisotopic (exact) mass is 725 g/mol. The maximum Gasteiger partial charge on any atom is 0.378 e. The summed E-state index contributed by atoms with van der Waals surface area (Å²) in [6.45, 7) is 24.0. The minimum atomic E-state index is -0.958. The third-order valence-electron chi connectivity index (χ3n) is 6.12. The minimum absolute atomic E-state index is 0. The maximum atomic E-state index is 11.0. The highest BCUT2D eigenvalue weighted by Crippen LogP contribution is 2.08. The van der Waals surface area contributed by atoms with Gasteiger partial charge in [-0.1, -0.05) is 41.4 Å². The largest absolute Gasteiger partial charge is 0.543 e. The normalized spacial score (nSPS) is 13.8. The van der Waals surface area contributed by atoms with E-state index in [1.165, 1.54) is 27.9 Å². The molecule has 0 aliphatic rings. The molecule has 5 radical (unpaired) electrons. The van der Waals surface area contributed by atoms with E-state index in [-0.39, 0.29) is 54.8 Å². The maximum absolute atomic E-state index is 11.0. The van der Waals surface area contributed by atoms with Gasteiger partial charge in [-0.15, -0.1) is 13.2 Å². The summed E-state index contributed by atoms with van der Waals surface area (Å²) in [5.41, 5.74) is 4.99. The molecule has 0 aromatic heterocycles. The van der Waals surface area contributed by atoms with Crippen LogP contribution in [0.15, 0.2) is 25.3 Å². The van der Waals surface area contributed by atoms with E-state index < -0.39 is 47.9 Å². The van der Waals surface area contributed by atoms with E-state index in [1.54, 1.807) is 39.8 Å². The molecule has 14 nitrogen and oxygen atoms in total. The van der Waals surface area contributed by atoms with Crippen LogP contribution in [0, 0.1) is 23.7 Å². The third-order valence-corrected chi connectivity index (χ3v) is 6.12. The molecule has 8 atom stereocenters. The number of aliphatic carboxylic acids is 2. The molecule has 0 heterocycles. The Morgan fingerprint density at radius 1 is 0.720 bits per heavy atom. The van der Waals surface area contributed by atoms with Crippen LogP contribution in [0.25, 0.3) is 0 Å². The summed E-state index contributed by atoms with van der Waals surface area (Å²) in [7, 11) is 5.92. The molecule has 0 bridgehead atoms. The fourth-order valence-electron chi connectivity index (χ4n) is 2.04. The predicted molar refractivity (Wildman–Crippen MR) is 202 cm³/mol. The number of carboxylic acid groups (broad SMARTS) is 2. The quantitative estimate of drug-likeness (QED) is 0.0465. The van der Waals surface area contributed by atoms with Gasteiger partial charge >= 0.3 is 26.0 Å². The SMILES string of the molecule is C.C.C.C=CCO[C@H](C)[C@H](C)C(=O)O.C=CCO[C@H](C)[C@H](C)C(=O)OC.CCCOCN.C[C@H](C(=O)O)[C@@H](C)O.[B].[B]OC(=O)[C@@H](C)[C@@H](C)O. The van der Waals surface area contributed by atoms with Gasteiger partial charge in [0.15, 0.2) is 0 Å². The van der Waals surface area contributed by atoms with Gasteiger partial charge < -0.3 is 49.8 Å². The summed E-state index contributed by atoms with van der Waals surface area (Å²) in [6.07, 6.45) is 2.46. The highest BCUT2D eigenvalue weighted by Gasteiger charge is 2.21. The number of hydrogen-bond donors (Lipinski definition) is 5. The number of carbonyl (C=O) groups is 4. The third kappa shape index (κ3) is 45.2. The Hall–Kier alpha value is -2.75. The van der Waals surface area contributed by atoms with Crippen molar-refractivity contribution in [3.63, 3.8) is 0 Å². The Bertz CT molecular complexity index is 799. The van der Waals surface area contributed by atoms with Crippen LogP contribution in [-0.4, -0.2) is 119 Å².